The molecule has 2 rings (SSSR count). The molecule has 0 saturated heterocycles. The molecule has 2 aromatic rings. The fourth-order valence-corrected chi connectivity index (χ4v) is 2.82. The molecule has 0 saturated carbocycles. The Morgan fingerprint density at radius 2 is 1.83 bits per heavy atom. The second kappa shape index (κ2) is 5.55. The number of hydrogen-bond donors (Lipinski definition) is 1. The van der Waals surface area contributed by atoms with E-state index in [2.05, 4.69) is 0 Å². The predicted octanol–water partition coefficient (Wildman–Crippen LogP) is 4.34. The average Bonchev–Trinajstić information content (AvgIpc) is 2.34. The van der Waals surface area contributed by atoms with Crippen LogP contribution in [0.5, 0.6) is 0 Å². The Hall–Kier alpha value is -1.32. The molecule has 0 aliphatic heterocycles. The normalized spacial score (nSPS) is 12.4. The van der Waals surface area contributed by atoms with Crippen molar-refractivity contribution in [2.45, 2.75) is 29.7 Å². The zero-order valence-corrected chi connectivity index (χ0v) is 11.2. The van der Waals surface area contributed by atoms with Crippen molar-refractivity contribution in [3.8, 4) is 0 Å². The van der Waals surface area contributed by atoms with Crippen LogP contribution in [-0.4, -0.2) is 5.11 Å². The zero-order valence-electron chi connectivity index (χ0n) is 10.4. The summed E-state index contributed by atoms with van der Waals surface area (Å²) < 4.78 is 13.2. The number of benzene rings is 2. The van der Waals surface area contributed by atoms with Gasteiger partial charge in [-0.3, -0.25) is 0 Å². The minimum Gasteiger partial charge on any atom is -0.389 e. The zero-order chi connectivity index (χ0) is 13.1. The standard InChI is InChI=1S/C15H15FOS/c1-10-5-3-4-6-14(10)18-15-8-7-12(16)9-13(15)11(2)17/h3-9,11,17H,1-2H3. The Bertz CT molecular complexity index is 552. The van der Waals surface area contributed by atoms with Crippen LogP contribution >= 0.6 is 11.8 Å². The summed E-state index contributed by atoms with van der Waals surface area (Å²) >= 11 is 1.55. The fourth-order valence-electron chi connectivity index (χ4n) is 1.73. The molecule has 0 amide bonds. The molecule has 0 bridgehead atoms. The lowest BCUT2D eigenvalue weighted by atomic mass is 10.1. The molecule has 0 fully saturated rings. The van der Waals surface area contributed by atoms with Crippen molar-refractivity contribution < 1.29 is 9.50 Å². The van der Waals surface area contributed by atoms with Crippen LogP contribution < -0.4 is 0 Å². The number of rotatable bonds is 3. The molecule has 94 valence electrons. The van der Waals surface area contributed by atoms with Crippen molar-refractivity contribution in [2.24, 2.45) is 0 Å². The van der Waals surface area contributed by atoms with Gasteiger partial charge in [-0.2, -0.15) is 0 Å². The third-order valence-corrected chi connectivity index (χ3v) is 4.01. The van der Waals surface area contributed by atoms with E-state index in [0.717, 1.165) is 9.79 Å². The Labute approximate surface area is 111 Å². The van der Waals surface area contributed by atoms with Crippen LogP contribution in [0.2, 0.25) is 0 Å². The molecule has 0 spiro atoms. The van der Waals surface area contributed by atoms with Crippen LogP contribution in [-0.2, 0) is 0 Å². The van der Waals surface area contributed by atoms with E-state index < -0.39 is 6.10 Å². The van der Waals surface area contributed by atoms with Gasteiger partial charge in [-0.05, 0) is 49.2 Å². The molecule has 3 heteroatoms. The number of aryl methyl sites for hydroxylation is 1. The Kier molecular flexibility index (Phi) is 4.04. The molecular weight excluding hydrogens is 247 g/mol. The Balaban J connectivity index is 2.37. The van der Waals surface area contributed by atoms with E-state index in [0.29, 0.717) is 5.56 Å². The maximum atomic E-state index is 13.2. The highest BCUT2D eigenvalue weighted by Gasteiger charge is 2.11. The van der Waals surface area contributed by atoms with E-state index in [9.17, 15) is 9.50 Å². The quantitative estimate of drug-likeness (QED) is 0.888. The number of aliphatic hydroxyl groups is 1. The van der Waals surface area contributed by atoms with Crippen LogP contribution in [0.3, 0.4) is 0 Å². The summed E-state index contributed by atoms with van der Waals surface area (Å²) in [7, 11) is 0. The second-order valence-corrected chi connectivity index (χ2v) is 5.31. The lowest BCUT2D eigenvalue weighted by Gasteiger charge is -2.12. The summed E-state index contributed by atoms with van der Waals surface area (Å²) in [6.07, 6.45) is -0.674. The number of hydrogen-bond acceptors (Lipinski definition) is 2. The first-order valence-corrected chi connectivity index (χ1v) is 6.60. The molecular formula is C15H15FOS. The first-order valence-electron chi connectivity index (χ1n) is 5.79. The fraction of sp³-hybridized carbons (Fsp3) is 0.200. The first kappa shape index (κ1) is 13.1. The highest BCUT2D eigenvalue weighted by molar-refractivity contribution is 7.99. The SMILES string of the molecule is Cc1ccccc1Sc1ccc(F)cc1C(C)O. The highest BCUT2D eigenvalue weighted by Crippen LogP contribution is 2.35. The maximum absolute atomic E-state index is 13.2. The van der Waals surface area contributed by atoms with Gasteiger partial charge in [0, 0.05) is 9.79 Å². The summed E-state index contributed by atoms with van der Waals surface area (Å²) in [5, 5.41) is 9.70. The average molecular weight is 262 g/mol. The van der Waals surface area contributed by atoms with Crippen LogP contribution in [0.25, 0.3) is 0 Å². The molecule has 0 heterocycles. The lowest BCUT2D eigenvalue weighted by Crippen LogP contribution is -1.95. The molecule has 1 atom stereocenters. The number of halogens is 1. The maximum Gasteiger partial charge on any atom is 0.123 e. The van der Waals surface area contributed by atoms with Crippen molar-refractivity contribution >= 4 is 11.8 Å². The van der Waals surface area contributed by atoms with Crippen LogP contribution in [0, 0.1) is 12.7 Å². The molecule has 0 radical (unpaired) electrons. The summed E-state index contributed by atoms with van der Waals surface area (Å²) in [5.74, 6) is -0.319. The van der Waals surface area contributed by atoms with Crippen molar-refractivity contribution in [2.75, 3.05) is 0 Å². The molecule has 0 aliphatic rings. The van der Waals surface area contributed by atoms with E-state index >= 15 is 0 Å². The van der Waals surface area contributed by atoms with Crippen LogP contribution in [0.15, 0.2) is 52.3 Å². The van der Waals surface area contributed by atoms with E-state index in [-0.39, 0.29) is 5.82 Å². The van der Waals surface area contributed by atoms with Gasteiger partial charge >= 0.3 is 0 Å². The molecule has 1 N–H and O–H groups in total. The van der Waals surface area contributed by atoms with Gasteiger partial charge in [-0.25, -0.2) is 4.39 Å². The monoisotopic (exact) mass is 262 g/mol. The van der Waals surface area contributed by atoms with Crippen molar-refractivity contribution in [1.29, 1.82) is 0 Å². The predicted molar refractivity (Wildman–Crippen MR) is 72.3 cm³/mol. The van der Waals surface area contributed by atoms with Gasteiger partial charge in [0.05, 0.1) is 6.10 Å². The summed E-state index contributed by atoms with van der Waals surface area (Å²) in [6.45, 7) is 3.69. The first-order chi connectivity index (χ1) is 8.58. The summed E-state index contributed by atoms with van der Waals surface area (Å²) in [4.78, 5) is 2.01. The van der Waals surface area contributed by atoms with Crippen LogP contribution in [0.1, 0.15) is 24.2 Å². The summed E-state index contributed by atoms with van der Waals surface area (Å²) in [6, 6.07) is 12.6. The van der Waals surface area contributed by atoms with E-state index in [4.69, 9.17) is 0 Å². The Morgan fingerprint density at radius 3 is 2.50 bits per heavy atom. The third-order valence-electron chi connectivity index (χ3n) is 2.74. The van der Waals surface area contributed by atoms with Crippen molar-refractivity contribution in [3.63, 3.8) is 0 Å². The topological polar surface area (TPSA) is 20.2 Å². The van der Waals surface area contributed by atoms with E-state index in [1.54, 1.807) is 24.8 Å². The Morgan fingerprint density at radius 1 is 1.11 bits per heavy atom. The summed E-state index contributed by atoms with van der Waals surface area (Å²) in [5.41, 5.74) is 1.80. The van der Waals surface area contributed by atoms with E-state index in [1.807, 2.05) is 31.2 Å². The number of aliphatic hydroxyl groups excluding tert-OH is 1. The van der Waals surface area contributed by atoms with Crippen molar-refractivity contribution in [1.82, 2.24) is 0 Å². The minimum atomic E-state index is -0.674. The van der Waals surface area contributed by atoms with E-state index in [1.165, 1.54) is 17.7 Å². The molecule has 1 nitrogen and oxygen atoms in total. The van der Waals surface area contributed by atoms with Crippen LogP contribution in [0.4, 0.5) is 4.39 Å². The molecule has 2 aromatic carbocycles. The van der Waals surface area contributed by atoms with Gasteiger partial charge in [-0.1, -0.05) is 30.0 Å². The van der Waals surface area contributed by atoms with Gasteiger partial charge in [0.2, 0.25) is 0 Å². The van der Waals surface area contributed by atoms with Crippen molar-refractivity contribution in [3.05, 3.63) is 59.4 Å². The second-order valence-electron chi connectivity index (χ2n) is 4.23. The van der Waals surface area contributed by atoms with Gasteiger partial charge in [-0.15, -0.1) is 0 Å². The largest absolute Gasteiger partial charge is 0.389 e. The minimum absolute atomic E-state index is 0.319. The van der Waals surface area contributed by atoms with Gasteiger partial charge in [0.1, 0.15) is 5.82 Å². The smallest absolute Gasteiger partial charge is 0.123 e. The van der Waals surface area contributed by atoms with Gasteiger partial charge < -0.3 is 5.11 Å². The lowest BCUT2D eigenvalue weighted by molar-refractivity contribution is 0.196. The third kappa shape index (κ3) is 2.92. The molecule has 1 unspecified atom stereocenters. The van der Waals surface area contributed by atoms with Gasteiger partial charge in [0.15, 0.2) is 0 Å². The molecule has 18 heavy (non-hydrogen) atoms. The molecule has 0 aromatic heterocycles. The van der Waals surface area contributed by atoms with Gasteiger partial charge in [0.25, 0.3) is 0 Å². The molecule has 0 aliphatic carbocycles. The highest BCUT2D eigenvalue weighted by atomic mass is 32.2.